The quantitative estimate of drug-likeness (QED) is 0.693. The van der Waals surface area contributed by atoms with E-state index in [2.05, 4.69) is 10.6 Å². The average molecular weight is 396 g/mol. The van der Waals surface area contributed by atoms with E-state index >= 15 is 0 Å². The molecule has 2 unspecified atom stereocenters. The van der Waals surface area contributed by atoms with Crippen LogP contribution in [0.4, 0.5) is 0 Å². The van der Waals surface area contributed by atoms with Gasteiger partial charge in [-0.1, -0.05) is 43.1 Å². The van der Waals surface area contributed by atoms with Crippen LogP contribution in [0.3, 0.4) is 0 Å². The molecule has 7 heteroatoms. The van der Waals surface area contributed by atoms with Gasteiger partial charge in [0.15, 0.2) is 0 Å². The SMILES string of the molecule is CCC(CC)(C(=O)NCC1CNCC1O)c1ccc(Cl)c(Cl)c1.Cl. The van der Waals surface area contributed by atoms with Crippen molar-refractivity contribution in [2.24, 2.45) is 5.92 Å². The Kier molecular flexibility index (Phi) is 8.30. The Morgan fingerprint density at radius 1 is 1.29 bits per heavy atom. The molecule has 136 valence electrons. The zero-order valence-corrected chi connectivity index (χ0v) is 16.3. The smallest absolute Gasteiger partial charge is 0.230 e. The van der Waals surface area contributed by atoms with Gasteiger partial charge in [-0.2, -0.15) is 0 Å². The summed E-state index contributed by atoms with van der Waals surface area (Å²) in [4.78, 5) is 12.9. The monoisotopic (exact) mass is 394 g/mol. The fraction of sp³-hybridized carbons (Fsp3) is 0.588. The highest BCUT2D eigenvalue weighted by Crippen LogP contribution is 2.35. The number of amides is 1. The molecule has 1 amide bonds. The summed E-state index contributed by atoms with van der Waals surface area (Å²) in [6.45, 7) is 5.77. The van der Waals surface area contributed by atoms with Crippen molar-refractivity contribution in [1.29, 1.82) is 0 Å². The van der Waals surface area contributed by atoms with Gasteiger partial charge < -0.3 is 15.7 Å². The van der Waals surface area contributed by atoms with Gasteiger partial charge in [0.2, 0.25) is 5.91 Å². The number of aliphatic hydroxyl groups excluding tert-OH is 1. The Balaban J connectivity index is 0.00000288. The number of hydrogen-bond acceptors (Lipinski definition) is 3. The molecule has 0 bridgehead atoms. The standard InChI is InChI=1S/C17H24Cl2N2O2.ClH/c1-3-17(4-2,12-5-6-13(18)14(19)7-12)16(23)21-9-11-8-20-10-15(11)22;/h5-7,11,15,20,22H,3-4,8-10H2,1-2H3,(H,21,23);1H. The maximum atomic E-state index is 12.9. The first kappa shape index (κ1) is 21.5. The summed E-state index contributed by atoms with van der Waals surface area (Å²) in [6.07, 6.45) is 0.926. The van der Waals surface area contributed by atoms with E-state index < -0.39 is 11.5 Å². The Hall–Kier alpha value is -0.520. The van der Waals surface area contributed by atoms with E-state index in [0.29, 0.717) is 36.0 Å². The van der Waals surface area contributed by atoms with Gasteiger partial charge in [-0.25, -0.2) is 0 Å². The second-order valence-electron chi connectivity index (χ2n) is 6.11. The maximum absolute atomic E-state index is 12.9. The van der Waals surface area contributed by atoms with Crippen molar-refractivity contribution >= 4 is 41.5 Å². The zero-order valence-electron chi connectivity index (χ0n) is 13.9. The highest BCUT2D eigenvalue weighted by Gasteiger charge is 2.37. The molecule has 24 heavy (non-hydrogen) atoms. The summed E-state index contributed by atoms with van der Waals surface area (Å²) in [5.74, 6) is 0.0270. The topological polar surface area (TPSA) is 61.4 Å². The molecule has 1 aromatic carbocycles. The molecule has 1 saturated heterocycles. The van der Waals surface area contributed by atoms with Gasteiger partial charge >= 0.3 is 0 Å². The second-order valence-corrected chi connectivity index (χ2v) is 6.93. The van der Waals surface area contributed by atoms with Gasteiger partial charge in [0, 0.05) is 25.6 Å². The summed E-state index contributed by atoms with van der Waals surface area (Å²) >= 11 is 12.1. The Bertz CT molecular complexity index is 565. The van der Waals surface area contributed by atoms with E-state index in [1.54, 1.807) is 12.1 Å². The normalized spacial score (nSPS) is 20.5. The molecule has 0 radical (unpaired) electrons. The summed E-state index contributed by atoms with van der Waals surface area (Å²) in [5.41, 5.74) is 0.241. The zero-order chi connectivity index (χ0) is 17.0. The molecule has 3 N–H and O–H groups in total. The van der Waals surface area contributed by atoms with Crippen molar-refractivity contribution < 1.29 is 9.90 Å². The van der Waals surface area contributed by atoms with Crippen molar-refractivity contribution in [2.75, 3.05) is 19.6 Å². The fourth-order valence-electron chi connectivity index (χ4n) is 3.22. The lowest BCUT2D eigenvalue weighted by molar-refractivity contribution is -0.127. The molecule has 0 aromatic heterocycles. The van der Waals surface area contributed by atoms with Crippen LogP contribution >= 0.6 is 35.6 Å². The third-order valence-corrected chi connectivity index (χ3v) is 5.68. The second kappa shape index (κ2) is 9.25. The van der Waals surface area contributed by atoms with Crippen LogP contribution in [0.2, 0.25) is 10.0 Å². The molecule has 4 nitrogen and oxygen atoms in total. The van der Waals surface area contributed by atoms with Gasteiger partial charge in [-0.15, -0.1) is 12.4 Å². The predicted octanol–water partition coefficient (Wildman–Crippen LogP) is 3.17. The number of hydrogen-bond donors (Lipinski definition) is 3. The number of halogens is 3. The van der Waals surface area contributed by atoms with E-state index in [-0.39, 0.29) is 24.2 Å². The van der Waals surface area contributed by atoms with Crippen LogP contribution in [0.25, 0.3) is 0 Å². The third-order valence-electron chi connectivity index (χ3n) is 4.94. The lowest BCUT2D eigenvalue weighted by Gasteiger charge is -2.32. The van der Waals surface area contributed by atoms with Crippen molar-refractivity contribution in [1.82, 2.24) is 10.6 Å². The first-order valence-corrected chi connectivity index (χ1v) is 8.82. The number of carbonyl (C=O) groups excluding carboxylic acids is 1. The largest absolute Gasteiger partial charge is 0.391 e. The summed E-state index contributed by atoms with van der Waals surface area (Å²) in [6, 6.07) is 5.38. The molecule has 1 fully saturated rings. The van der Waals surface area contributed by atoms with Gasteiger partial charge in [-0.05, 0) is 30.5 Å². The summed E-state index contributed by atoms with van der Waals surface area (Å²) in [7, 11) is 0. The lowest BCUT2D eigenvalue weighted by Crippen LogP contribution is -2.46. The number of aliphatic hydroxyl groups is 1. The molecule has 0 saturated carbocycles. The number of β-amino-alcohol motifs (C(OH)–C–C–N with tert-alkyl or cyclic N) is 1. The minimum Gasteiger partial charge on any atom is -0.391 e. The molecule has 1 heterocycles. The predicted molar refractivity (Wildman–Crippen MR) is 101 cm³/mol. The molecule has 2 atom stereocenters. The Morgan fingerprint density at radius 2 is 1.96 bits per heavy atom. The molecule has 1 aliphatic heterocycles. The third kappa shape index (κ3) is 4.36. The molecule has 1 aromatic rings. The van der Waals surface area contributed by atoms with Crippen LogP contribution in [-0.4, -0.2) is 36.8 Å². The number of benzene rings is 1. The van der Waals surface area contributed by atoms with Crippen LogP contribution in [0.1, 0.15) is 32.3 Å². The van der Waals surface area contributed by atoms with Crippen LogP contribution in [0.5, 0.6) is 0 Å². The van der Waals surface area contributed by atoms with Crippen molar-refractivity contribution in [3.05, 3.63) is 33.8 Å². The molecule has 0 aliphatic carbocycles. The van der Waals surface area contributed by atoms with Gasteiger partial charge in [0.1, 0.15) is 0 Å². The van der Waals surface area contributed by atoms with E-state index in [1.165, 1.54) is 0 Å². The first-order valence-electron chi connectivity index (χ1n) is 8.07. The van der Waals surface area contributed by atoms with Crippen LogP contribution < -0.4 is 10.6 Å². The minimum absolute atomic E-state index is 0. The maximum Gasteiger partial charge on any atom is 0.230 e. The van der Waals surface area contributed by atoms with Crippen molar-refractivity contribution in [3.8, 4) is 0 Å². The Labute approximate surface area is 159 Å². The molecule has 2 rings (SSSR count). The molecular weight excluding hydrogens is 371 g/mol. The average Bonchev–Trinajstić information content (AvgIpc) is 2.95. The fourth-order valence-corrected chi connectivity index (χ4v) is 3.52. The van der Waals surface area contributed by atoms with E-state index in [9.17, 15) is 9.90 Å². The van der Waals surface area contributed by atoms with Crippen molar-refractivity contribution in [3.63, 3.8) is 0 Å². The minimum atomic E-state index is -0.634. The molecule has 0 spiro atoms. The highest BCUT2D eigenvalue weighted by molar-refractivity contribution is 6.42. The molecule has 1 aliphatic rings. The lowest BCUT2D eigenvalue weighted by atomic mass is 9.75. The summed E-state index contributed by atoms with van der Waals surface area (Å²) < 4.78 is 0. The van der Waals surface area contributed by atoms with Crippen LogP contribution in [0, 0.1) is 5.92 Å². The summed E-state index contributed by atoms with van der Waals surface area (Å²) in [5, 5.41) is 16.9. The number of carbonyl (C=O) groups is 1. The van der Waals surface area contributed by atoms with Crippen molar-refractivity contribution in [2.45, 2.75) is 38.2 Å². The highest BCUT2D eigenvalue weighted by atomic mass is 35.5. The van der Waals surface area contributed by atoms with Gasteiger partial charge in [-0.3, -0.25) is 4.79 Å². The number of nitrogens with one attached hydrogen (secondary N) is 2. The van der Waals surface area contributed by atoms with E-state index in [1.807, 2.05) is 19.9 Å². The van der Waals surface area contributed by atoms with E-state index in [0.717, 1.165) is 12.1 Å². The first-order chi connectivity index (χ1) is 10.9. The van der Waals surface area contributed by atoms with Gasteiger partial charge in [0.25, 0.3) is 0 Å². The number of rotatable bonds is 6. The molecular formula is C17H25Cl3N2O2. The van der Waals surface area contributed by atoms with E-state index in [4.69, 9.17) is 23.2 Å². The van der Waals surface area contributed by atoms with Crippen LogP contribution in [0.15, 0.2) is 18.2 Å². The Morgan fingerprint density at radius 3 is 2.46 bits per heavy atom. The van der Waals surface area contributed by atoms with Gasteiger partial charge in [0.05, 0.1) is 21.6 Å². The van der Waals surface area contributed by atoms with Crippen LogP contribution in [-0.2, 0) is 10.2 Å².